The molecule has 1 heterocycles. The van der Waals surface area contributed by atoms with Crippen LogP contribution in [0.1, 0.15) is 29.8 Å². The third-order valence-electron chi connectivity index (χ3n) is 3.00. The maximum absolute atomic E-state index is 11.0. The zero-order valence-corrected chi connectivity index (χ0v) is 10.3. The van der Waals surface area contributed by atoms with Gasteiger partial charge in [0.05, 0.1) is 17.3 Å². The van der Waals surface area contributed by atoms with E-state index in [9.17, 15) is 10.0 Å². The van der Waals surface area contributed by atoms with E-state index in [2.05, 4.69) is 0 Å². The largest absolute Gasteiger partial charge is 0.478 e. The van der Waals surface area contributed by atoms with Crippen LogP contribution in [-0.4, -0.2) is 27.4 Å². The van der Waals surface area contributed by atoms with Gasteiger partial charge in [-0.2, -0.15) is 0 Å². The Morgan fingerprint density at radius 1 is 1.39 bits per heavy atom. The lowest BCUT2D eigenvalue weighted by Gasteiger charge is -2.29. The van der Waals surface area contributed by atoms with Gasteiger partial charge in [0.15, 0.2) is 0 Å². The highest BCUT2D eigenvalue weighted by Crippen LogP contribution is 2.28. The van der Waals surface area contributed by atoms with E-state index in [0.29, 0.717) is 11.3 Å². The summed E-state index contributed by atoms with van der Waals surface area (Å²) >= 11 is 0. The minimum Gasteiger partial charge on any atom is -0.478 e. The number of carboxylic acids is 1. The van der Waals surface area contributed by atoms with Gasteiger partial charge in [-0.3, -0.25) is 5.21 Å². The van der Waals surface area contributed by atoms with Gasteiger partial charge in [-0.15, -0.1) is 0 Å². The Labute approximate surface area is 105 Å². The molecule has 2 rings (SSSR count). The lowest BCUT2D eigenvalue weighted by atomic mass is 10.00. The van der Waals surface area contributed by atoms with E-state index in [4.69, 9.17) is 5.11 Å². The smallest absolute Gasteiger partial charge is 0.335 e. The topological polar surface area (TPSA) is 60.8 Å². The molecule has 4 heteroatoms. The fraction of sp³-hybridized carbons (Fsp3) is 0.214. The van der Waals surface area contributed by atoms with Crippen LogP contribution in [0, 0.1) is 0 Å². The molecule has 0 aromatic heterocycles. The van der Waals surface area contributed by atoms with E-state index in [1.807, 2.05) is 26.0 Å². The summed E-state index contributed by atoms with van der Waals surface area (Å²) in [5, 5.41) is 20.2. The summed E-state index contributed by atoms with van der Waals surface area (Å²) in [6.45, 7) is 3.75. The second kappa shape index (κ2) is 4.66. The van der Waals surface area contributed by atoms with Gasteiger partial charge in [0, 0.05) is 5.56 Å². The molecule has 1 aromatic rings. The van der Waals surface area contributed by atoms with Gasteiger partial charge in [-0.05, 0) is 31.6 Å². The number of aromatic carboxylic acids is 1. The summed E-state index contributed by atoms with van der Waals surface area (Å²) in [6.07, 6.45) is 3.82. The number of carboxylic acid groups (broad SMARTS) is 1. The van der Waals surface area contributed by atoms with Crippen LogP contribution in [0.3, 0.4) is 0 Å². The number of hydroxylamine groups is 2. The van der Waals surface area contributed by atoms with Crippen molar-refractivity contribution in [2.24, 2.45) is 0 Å². The quantitative estimate of drug-likeness (QED) is 0.841. The minimum atomic E-state index is -0.973. The lowest BCUT2D eigenvalue weighted by molar-refractivity contribution is -0.0475. The van der Waals surface area contributed by atoms with Gasteiger partial charge in [0.25, 0.3) is 0 Å². The molecule has 4 nitrogen and oxygen atoms in total. The molecule has 0 fully saturated rings. The molecule has 0 amide bonds. The molecule has 94 valence electrons. The summed E-state index contributed by atoms with van der Waals surface area (Å²) < 4.78 is 0. The standard InChI is InChI=1S/C14H15NO3/c1-9-6-7-10(2)15(18)13(9)11-4-3-5-12(8-11)14(16)17/h3-8,10,18H,1-2H3,(H,16,17). The first-order valence-electron chi connectivity index (χ1n) is 5.71. The zero-order chi connectivity index (χ0) is 13.3. The third kappa shape index (κ3) is 2.15. The Balaban J connectivity index is 2.50. The Kier molecular flexibility index (Phi) is 3.21. The van der Waals surface area contributed by atoms with Crippen LogP contribution in [0.2, 0.25) is 0 Å². The van der Waals surface area contributed by atoms with Crippen LogP contribution in [0.5, 0.6) is 0 Å². The van der Waals surface area contributed by atoms with Crippen molar-refractivity contribution in [2.45, 2.75) is 19.9 Å². The van der Waals surface area contributed by atoms with E-state index in [-0.39, 0.29) is 11.6 Å². The Bertz CT molecular complexity index is 546. The Hall–Kier alpha value is -2.07. The van der Waals surface area contributed by atoms with Gasteiger partial charge in [0.1, 0.15) is 0 Å². The molecule has 0 saturated carbocycles. The fourth-order valence-corrected chi connectivity index (χ4v) is 1.99. The molecule has 0 aliphatic carbocycles. The summed E-state index contributed by atoms with van der Waals surface area (Å²) in [4.78, 5) is 11.0. The van der Waals surface area contributed by atoms with Crippen LogP contribution in [0.15, 0.2) is 42.0 Å². The third-order valence-corrected chi connectivity index (χ3v) is 3.00. The predicted octanol–water partition coefficient (Wildman–Crippen LogP) is 2.77. The average Bonchev–Trinajstić information content (AvgIpc) is 2.35. The van der Waals surface area contributed by atoms with E-state index >= 15 is 0 Å². The summed E-state index contributed by atoms with van der Waals surface area (Å²) in [5.74, 6) is -0.973. The highest BCUT2D eigenvalue weighted by Gasteiger charge is 2.20. The lowest BCUT2D eigenvalue weighted by Crippen LogP contribution is -2.29. The highest BCUT2D eigenvalue weighted by atomic mass is 16.5. The van der Waals surface area contributed by atoms with Gasteiger partial charge in [-0.1, -0.05) is 24.3 Å². The maximum Gasteiger partial charge on any atom is 0.335 e. The molecular formula is C14H15NO3. The fourth-order valence-electron chi connectivity index (χ4n) is 1.99. The van der Waals surface area contributed by atoms with E-state index in [0.717, 1.165) is 10.6 Å². The molecular weight excluding hydrogens is 230 g/mol. The van der Waals surface area contributed by atoms with Gasteiger partial charge < -0.3 is 5.11 Å². The number of nitrogens with zero attached hydrogens (tertiary/aromatic N) is 1. The number of hydrogen-bond acceptors (Lipinski definition) is 3. The normalized spacial score (nSPS) is 19.3. The average molecular weight is 245 g/mol. The molecule has 0 bridgehead atoms. The number of allylic oxidation sites excluding steroid dienone is 2. The van der Waals surface area contributed by atoms with Gasteiger partial charge in [-0.25, -0.2) is 9.86 Å². The number of hydrogen-bond donors (Lipinski definition) is 2. The van der Waals surface area contributed by atoms with Crippen LogP contribution in [0.4, 0.5) is 0 Å². The molecule has 0 saturated heterocycles. The molecule has 1 aromatic carbocycles. The second-order valence-electron chi connectivity index (χ2n) is 4.36. The van der Waals surface area contributed by atoms with Crippen LogP contribution < -0.4 is 0 Å². The summed E-state index contributed by atoms with van der Waals surface area (Å²) in [7, 11) is 0. The van der Waals surface area contributed by atoms with Crippen molar-refractivity contribution in [1.29, 1.82) is 0 Å². The minimum absolute atomic E-state index is 0.128. The molecule has 1 aliphatic rings. The summed E-state index contributed by atoms with van der Waals surface area (Å²) in [5.41, 5.74) is 2.46. The first kappa shape index (κ1) is 12.4. The molecule has 1 aliphatic heterocycles. The van der Waals surface area contributed by atoms with E-state index in [1.54, 1.807) is 18.2 Å². The second-order valence-corrected chi connectivity index (χ2v) is 4.36. The van der Waals surface area contributed by atoms with Crippen molar-refractivity contribution < 1.29 is 15.1 Å². The van der Waals surface area contributed by atoms with E-state index in [1.165, 1.54) is 6.07 Å². The number of benzene rings is 1. The van der Waals surface area contributed by atoms with Crippen molar-refractivity contribution in [1.82, 2.24) is 5.06 Å². The molecule has 0 spiro atoms. The number of carbonyl (C=O) groups is 1. The van der Waals surface area contributed by atoms with Crippen LogP contribution in [0.25, 0.3) is 5.70 Å². The SMILES string of the molecule is CC1=C(c2cccc(C(=O)O)c2)N(O)C(C)C=C1. The molecule has 1 unspecified atom stereocenters. The molecule has 0 radical (unpaired) electrons. The van der Waals surface area contributed by atoms with Gasteiger partial charge >= 0.3 is 5.97 Å². The first-order valence-corrected chi connectivity index (χ1v) is 5.71. The molecule has 2 N–H and O–H groups in total. The number of rotatable bonds is 2. The molecule has 1 atom stereocenters. The van der Waals surface area contributed by atoms with Gasteiger partial charge in [0.2, 0.25) is 0 Å². The Morgan fingerprint density at radius 2 is 2.11 bits per heavy atom. The summed E-state index contributed by atoms with van der Waals surface area (Å²) in [6, 6.07) is 6.44. The maximum atomic E-state index is 11.0. The van der Waals surface area contributed by atoms with Crippen molar-refractivity contribution in [2.75, 3.05) is 0 Å². The van der Waals surface area contributed by atoms with E-state index < -0.39 is 5.97 Å². The monoisotopic (exact) mass is 245 g/mol. The first-order chi connectivity index (χ1) is 8.50. The van der Waals surface area contributed by atoms with Crippen molar-refractivity contribution in [3.8, 4) is 0 Å². The van der Waals surface area contributed by atoms with Crippen LogP contribution in [-0.2, 0) is 0 Å². The van der Waals surface area contributed by atoms with Crippen molar-refractivity contribution in [3.63, 3.8) is 0 Å². The molecule has 18 heavy (non-hydrogen) atoms. The van der Waals surface area contributed by atoms with Crippen molar-refractivity contribution in [3.05, 3.63) is 53.1 Å². The van der Waals surface area contributed by atoms with Crippen molar-refractivity contribution >= 4 is 11.7 Å². The predicted molar refractivity (Wildman–Crippen MR) is 68.2 cm³/mol. The highest BCUT2D eigenvalue weighted by molar-refractivity contribution is 5.89. The van der Waals surface area contributed by atoms with Crippen LogP contribution >= 0.6 is 0 Å². The Morgan fingerprint density at radius 3 is 2.78 bits per heavy atom. The zero-order valence-electron chi connectivity index (χ0n) is 10.3.